The van der Waals surface area contributed by atoms with Crippen molar-refractivity contribution in [3.63, 3.8) is 0 Å². The summed E-state index contributed by atoms with van der Waals surface area (Å²) in [6, 6.07) is 0.308. The minimum Gasteiger partial charge on any atom is -0.358 e. The number of aromatic nitrogens is 1. The Hall–Kier alpha value is -0.550. The summed E-state index contributed by atoms with van der Waals surface area (Å²) in [5.74, 6) is 0. The van der Waals surface area contributed by atoms with Gasteiger partial charge in [-0.05, 0) is 20.8 Å². The minimum atomic E-state index is 0.308. The van der Waals surface area contributed by atoms with Crippen molar-refractivity contribution in [3.8, 4) is 0 Å². The predicted molar refractivity (Wildman–Crippen MR) is 72.5 cm³/mol. The van der Waals surface area contributed by atoms with Crippen molar-refractivity contribution in [2.45, 2.75) is 39.0 Å². The molecule has 0 fully saturated rings. The fourth-order valence-electron chi connectivity index (χ4n) is 1.76. The van der Waals surface area contributed by atoms with Gasteiger partial charge in [0, 0.05) is 10.1 Å². The van der Waals surface area contributed by atoms with E-state index >= 15 is 0 Å². The van der Waals surface area contributed by atoms with Crippen LogP contribution in [0.15, 0.2) is 4.99 Å². The van der Waals surface area contributed by atoms with Crippen LogP contribution in [0.1, 0.15) is 35.5 Å². The van der Waals surface area contributed by atoms with Gasteiger partial charge in [-0.15, -0.1) is 11.3 Å². The van der Waals surface area contributed by atoms with Crippen LogP contribution in [-0.2, 0) is 0 Å². The van der Waals surface area contributed by atoms with Crippen molar-refractivity contribution in [1.29, 1.82) is 0 Å². The molecule has 2 atom stereocenters. The largest absolute Gasteiger partial charge is 0.358 e. The van der Waals surface area contributed by atoms with Gasteiger partial charge in [0.05, 0.1) is 23.3 Å². The SMILES string of the molecule is Cc1nc(C)c(C(C)NC2=NCC(C)S2)s1. The van der Waals surface area contributed by atoms with E-state index in [1.807, 2.05) is 11.8 Å². The molecule has 1 N–H and O–H groups in total. The Kier molecular flexibility index (Phi) is 3.54. The van der Waals surface area contributed by atoms with Crippen molar-refractivity contribution >= 4 is 28.3 Å². The summed E-state index contributed by atoms with van der Waals surface area (Å²) in [4.78, 5) is 10.2. The second-order valence-electron chi connectivity index (χ2n) is 4.12. The first-order valence-electron chi connectivity index (χ1n) is 5.48. The zero-order valence-corrected chi connectivity index (χ0v) is 11.7. The molecule has 1 aromatic rings. The second kappa shape index (κ2) is 4.75. The molecule has 16 heavy (non-hydrogen) atoms. The molecule has 2 unspecified atom stereocenters. The maximum absolute atomic E-state index is 4.47. The van der Waals surface area contributed by atoms with Gasteiger partial charge >= 0.3 is 0 Å². The number of aryl methyl sites for hydroxylation is 2. The second-order valence-corrected chi connectivity index (χ2v) is 6.78. The first-order valence-corrected chi connectivity index (χ1v) is 7.17. The van der Waals surface area contributed by atoms with Crippen molar-refractivity contribution in [1.82, 2.24) is 10.3 Å². The molecule has 0 saturated carbocycles. The van der Waals surface area contributed by atoms with E-state index in [9.17, 15) is 0 Å². The normalized spacial score (nSPS) is 22.0. The predicted octanol–water partition coefficient (Wildman–Crippen LogP) is 2.90. The molecular weight excluding hydrogens is 238 g/mol. The summed E-state index contributed by atoms with van der Waals surface area (Å²) in [6.07, 6.45) is 0. The molecular formula is C11H17N3S2. The molecule has 0 spiro atoms. The highest BCUT2D eigenvalue weighted by Gasteiger charge is 2.19. The van der Waals surface area contributed by atoms with Gasteiger partial charge in [-0.1, -0.05) is 18.7 Å². The lowest BCUT2D eigenvalue weighted by Gasteiger charge is -2.13. The van der Waals surface area contributed by atoms with Crippen molar-refractivity contribution in [2.75, 3.05) is 6.54 Å². The summed E-state index contributed by atoms with van der Waals surface area (Å²) in [5.41, 5.74) is 1.14. The molecule has 0 aliphatic carbocycles. The summed E-state index contributed by atoms with van der Waals surface area (Å²) in [5, 5.41) is 6.28. The Balaban J connectivity index is 2.03. The average Bonchev–Trinajstić information content (AvgIpc) is 2.73. The standard InChI is InChI=1S/C11H17N3S2/c1-6-5-12-11(15-6)14-8(3)10-7(2)13-9(4)16-10/h6,8H,5H2,1-4H3,(H,12,14). The van der Waals surface area contributed by atoms with Crippen molar-refractivity contribution in [3.05, 3.63) is 15.6 Å². The number of hydrogen-bond acceptors (Lipinski definition) is 5. The first kappa shape index (κ1) is 11.9. The Morgan fingerprint density at radius 3 is 2.69 bits per heavy atom. The minimum absolute atomic E-state index is 0.308. The molecule has 0 radical (unpaired) electrons. The van der Waals surface area contributed by atoms with Gasteiger partial charge in [0.15, 0.2) is 5.17 Å². The highest BCUT2D eigenvalue weighted by molar-refractivity contribution is 8.14. The number of thioether (sulfide) groups is 1. The van der Waals surface area contributed by atoms with Crippen LogP contribution < -0.4 is 5.32 Å². The van der Waals surface area contributed by atoms with E-state index < -0.39 is 0 Å². The van der Waals surface area contributed by atoms with E-state index in [1.165, 1.54) is 4.88 Å². The fourth-order valence-corrected chi connectivity index (χ4v) is 3.61. The van der Waals surface area contributed by atoms with E-state index in [0.29, 0.717) is 11.3 Å². The summed E-state index contributed by atoms with van der Waals surface area (Å²) in [7, 11) is 0. The Labute approximate surface area is 105 Å². The maximum atomic E-state index is 4.47. The van der Waals surface area contributed by atoms with E-state index in [-0.39, 0.29) is 0 Å². The van der Waals surface area contributed by atoms with Crippen LogP contribution in [0.2, 0.25) is 0 Å². The van der Waals surface area contributed by atoms with Crippen LogP contribution in [0.5, 0.6) is 0 Å². The third-order valence-electron chi connectivity index (χ3n) is 2.48. The maximum Gasteiger partial charge on any atom is 0.157 e. The molecule has 5 heteroatoms. The lowest BCUT2D eigenvalue weighted by molar-refractivity contribution is 0.729. The van der Waals surface area contributed by atoms with Gasteiger partial charge in [0.2, 0.25) is 0 Å². The Morgan fingerprint density at radius 2 is 2.19 bits per heavy atom. The summed E-state index contributed by atoms with van der Waals surface area (Å²) in [6.45, 7) is 9.43. The van der Waals surface area contributed by atoms with Gasteiger partial charge in [0.1, 0.15) is 0 Å². The number of thiazole rings is 1. The average molecular weight is 255 g/mol. The van der Waals surface area contributed by atoms with Crippen LogP contribution in [0.25, 0.3) is 0 Å². The lowest BCUT2D eigenvalue weighted by Crippen LogP contribution is -2.23. The van der Waals surface area contributed by atoms with E-state index in [2.05, 4.69) is 43.0 Å². The molecule has 1 aromatic heterocycles. The Morgan fingerprint density at radius 1 is 1.44 bits per heavy atom. The molecule has 0 saturated heterocycles. The summed E-state index contributed by atoms with van der Waals surface area (Å²) < 4.78 is 0. The first-order chi connectivity index (χ1) is 7.56. The van der Waals surface area contributed by atoms with Crippen LogP contribution in [0.3, 0.4) is 0 Å². The van der Waals surface area contributed by atoms with Gasteiger partial charge in [-0.2, -0.15) is 0 Å². The number of hydrogen-bond donors (Lipinski definition) is 1. The number of nitrogens with zero attached hydrogens (tertiary/aromatic N) is 2. The van der Waals surface area contributed by atoms with Crippen LogP contribution in [-0.4, -0.2) is 21.9 Å². The highest BCUT2D eigenvalue weighted by atomic mass is 32.2. The van der Waals surface area contributed by atoms with Gasteiger partial charge < -0.3 is 5.32 Å². The van der Waals surface area contributed by atoms with Crippen molar-refractivity contribution < 1.29 is 0 Å². The molecule has 2 heterocycles. The molecule has 1 aliphatic rings. The quantitative estimate of drug-likeness (QED) is 0.883. The summed E-state index contributed by atoms with van der Waals surface area (Å²) >= 11 is 3.59. The number of rotatable bonds is 2. The molecule has 2 rings (SSSR count). The zero-order valence-electron chi connectivity index (χ0n) is 10.1. The smallest absolute Gasteiger partial charge is 0.157 e. The van der Waals surface area contributed by atoms with Gasteiger partial charge in [-0.25, -0.2) is 4.98 Å². The van der Waals surface area contributed by atoms with E-state index in [0.717, 1.165) is 22.4 Å². The molecule has 0 aromatic carbocycles. The molecule has 1 aliphatic heterocycles. The number of aliphatic imine (C=N–C) groups is 1. The van der Waals surface area contributed by atoms with Gasteiger partial charge in [-0.3, -0.25) is 4.99 Å². The number of nitrogens with one attached hydrogen (secondary N) is 1. The fraction of sp³-hybridized carbons (Fsp3) is 0.636. The van der Waals surface area contributed by atoms with Crippen LogP contribution in [0.4, 0.5) is 0 Å². The Bertz CT molecular complexity index is 411. The van der Waals surface area contributed by atoms with Crippen molar-refractivity contribution in [2.24, 2.45) is 4.99 Å². The molecule has 88 valence electrons. The van der Waals surface area contributed by atoms with E-state index in [4.69, 9.17) is 0 Å². The topological polar surface area (TPSA) is 37.3 Å². The van der Waals surface area contributed by atoms with Crippen LogP contribution in [0, 0.1) is 13.8 Å². The molecule has 0 amide bonds. The molecule has 3 nitrogen and oxygen atoms in total. The number of amidine groups is 1. The van der Waals surface area contributed by atoms with Gasteiger partial charge in [0.25, 0.3) is 0 Å². The van der Waals surface area contributed by atoms with E-state index in [1.54, 1.807) is 11.3 Å². The van der Waals surface area contributed by atoms with Crippen LogP contribution >= 0.6 is 23.1 Å². The third kappa shape index (κ3) is 2.58. The molecule has 0 bridgehead atoms. The third-order valence-corrected chi connectivity index (χ3v) is 4.75. The monoisotopic (exact) mass is 255 g/mol. The lowest BCUT2D eigenvalue weighted by atomic mass is 10.2. The zero-order chi connectivity index (χ0) is 11.7. The highest BCUT2D eigenvalue weighted by Crippen LogP contribution is 2.26.